The normalized spacial score (nSPS) is 24.0. The summed E-state index contributed by atoms with van der Waals surface area (Å²) >= 11 is 0. The molecule has 1 saturated heterocycles. The zero-order valence-corrected chi connectivity index (χ0v) is 9.69. The lowest BCUT2D eigenvalue weighted by Gasteiger charge is -2.13. The molecule has 0 amide bonds. The minimum atomic E-state index is -0.944. The van der Waals surface area contributed by atoms with Gasteiger partial charge in [0, 0.05) is 30.9 Å². The molecule has 2 N–H and O–H groups in total. The number of likely N-dealkylation sites (tertiary alicyclic amines) is 1. The monoisotopic (exact) mass is 250 g/mol. The average molecular weight is 250 g/mol. The van der Waals surface area contributed by atoms with Crippen molar-refractivity contribution in [2.75, 3.05) is 19.6 Å². The number of aromatic nitrogens is 1. The largest absolute Gasteiger partial charge is 0.481 e. The van der Waals surface area contributed by atoms with E-state index in [9.17, 15) is 14.7 Å². The lowest BCUT2D eigenvalue weighted by Crippen LogP contribution is -2.28. The van der Waals surface area contributed by atoms with E-state index in [-0.39, 0.29) is 19.0 Å². The van der Waals surface area contributed by atoms with Gasteiger partial charge in [0.2, 0.25) is 0 Å². The SMILES string of the molecule is O=C(O)CN1C[C@H](C(=O)O)[C@@H](c2ccccn2)C1. The van der Waals surface area contributed by atoms with E-state index in [2.05, 4.69) is 4.98 Å². The lowest BCUT2D eigenvalue weighted by atomic mass is 9.93. The number of pyridine rings is 1. The number of carbonyl (C=O) groups is 2. The quantitative estimate of drug-likeness (QED) is 0.797. The van der Waals surface area contributed by atoms with Crippen LogP contribution < -0.4 is 0 Å². The van der Waals surface area contributed by atoms with Gasteiger partial charge >= 0.3 is 11.9 Å². The fourth-order valence-electron chi connectivity index (χ4n) is 2.35. The zero-order valence-electron chi connectivity index (χ0n) is 9.69. The molecular formula is C12H14N2O4. The predicted octanol–water partition coefficient (Wildman–Crippen LogP) is 0.266. The molecule has 0 saturated carbocycles. The van der Waals surface area contributed by atoms with E-state index < -0.39 is 17.9 Å². The molecule has 2 rings (SSSR count). The summed E-state index contributed by atoms with van der Waals surface area (Å²) in [4.78, 5) is 27.7. The van der Waals surface area contributed by atoms with Gasteiger partial charge in [0.15, 0.2) is 0 Å². The van der Waals surface area contributed by atoms with Crippen LogP contribution >= 0.6 is 0 Å². The van der Waals surface area contributed by atoms with Crippen molar-refractivity contribution in [1.29, 1.82) is 0 Å². The molecule has 1 fully saturated rings. The van der Waals surface area contributed by atoms with Crippen LogP contribution in [0.3, 0.4) is 0 Å². The second-order valence-electron chi connectivity index (χ2n) is 4.39. The van der Waals surface area contributed by atoms with Crippen LogP contribution in [0.1, 0.15) is 11.6 Å². The summed E-state index contributed by atoms with van der Waals surface area (Å²) in [5, 5.41) is 17.9. The maximum Gasteiger partial charge on any atom is 0.317 e. The van der Waals surface area contributed by atoms with Gasteiger partial charge in [0.25, 0.3) is 0 Å². The van der Waals surface area contributed by atoms with Crippen LogP contribution in [0, 0.1) is 5.92 Å². The Morgan fingerprint density at radius 2 is 2.11 bits per heavy atom. The maximum atomic E-state index is 11.2. The van der Waals surface area contributed by atoms with Gasteiger partial charge in [-0.2, -0.15) is 0 Å². The fraction of sp³-hybridized carbons (Fsp3) is 0.417. The molecule has 1 aliphatic rings. The van der Waals surface area contributed by atoms with Gasteiger partial charge < -0.3 is 10.2 Å². The van der Waals surface area contributed by atoms with Crippen molar-refractivity contribution in [2.24, 2.45) is 5.92 Å². The summed E-state index contributed by atoms with van der Waals surface area (Å²) in [6, 6.07) is 5.36. The first kappa shape index (κ1) is 12.5. The first-order chi connectivity index (χ1) is 8.58. The Labute approximate surface area is 104 Å². The van der Waals surface area contributed by atoms with Crippen molar-refractivity contribution < 1.29 is 19.8 Å². The van der Waals surface area contributed by atoms with Gasteiger partial charge in [-0.05, 0) is 12.1 Å². The van der Waals surface area contributed by atoms with Crippen LogP contribution in [0.15, 0.2) is 24.4 Å². The highest BCUT2D eigenvalue weighted by molar-refractivity contribution is 5.73. The third kappa shape index (κ3) is 2.65. The number of hydrogen-bond donors (Lipinski definition) is 2. The van der Waals surface area contributed by atoms with Crippen LogP contribution in [0.5, 0.6) is 0 Å². The zero-order chi connectivity index (χ0) is 13.1. The van der Waals surface area contributed by atoms with Gasteiger partial charge in [-0.3, -0.25) is 19.5 Å². The van der Waals surface area contributed by atoms with Crippen LogP contribution in [-0.2, 0) is 9.59 Å². The lowest BCUT2D eigenvalue weighted by molar-refractivity contribution is -0.142. The highest BCUT2D eigenvalue weighted by Crippen LogP contribution is 2.31. The van der Waals surface area contributed by atoms with Gasteiger partial charge in [0.1, 0.15) is 0 Å². The Balaban J connectivity index is 2.17. The summed E-state index contributed by atoms with van der Waals surface area (Å²) < 4.78 is 0. The summed E-state index contributed by atoms with van der Waals surface area (Å²) in [5.41, 5.74) is 0.706. The van der Waals surface area contributed by atoms with Gasteiger partial charge in [-0.15, -0.1) is 0 Å². The summed E-state index contributed by atoms with van der Waals surface area (Å²) in [6.07, 6.45) is 1.62. The van der Waals surface area contributed by atoms with Crippen LogP contribution in [0.25, 0.3) is 0 Å². The highest BCUT2D eigenvalue weighted by Gasteiger charge is 2.39. The van der Waals surface area contributed by atoms with E-state index in [1.807, 2.05) is 0 Å². The standard InChI is InChI=1S/C12H14N2O4/c15-11(16)7-14-5-8(9(6-14)12(17)18)10-3-1-2-4-13-10/h1-4,8-9H,5-7H2,(H,15,16)(H,17,18)/t8-,9-/m0/s1. The summed E-state index contributed by atoms with van der Waals surface area (Å²) in [7, 11) is 0. The Morgan fingerprint density at radius 1 is 1.33 bits per heavy atom. The third-order valence-corrected chi connectivity index (χ3v) is 3.14. The minimum absolute atomic E-state index is 0.132. The Kier molecular flexibility index (Phi) is 3.57. The van der Waals surface area contributed by atoms with Crippen molar-refractivity contribution in [3.8, 4) is 0 Å². The number of hydrogen-bond acceptors (Lipinski definition) is 4. The van der Waals surface area contributed by atoms with Gasteiger partial charge in [-0.25, -0.2) is 0 Å². The van der Waals surface area contributed by atoms with E-state index >= 15 is 0 Å². The van der Waals surface area contributed by atoms with Crippen molar-refractivity contribution in [1.82, 2.24) is 9.88 Å². The predicted molar refractivity (Wildman–Crippen MR) is 62.2 cm³/mol. The molecule has 0 unspecified atom stereocenters. The van der Waals surface area contributed by atoms with Crippen molar-refractivity contribution in [3.05, 3.63) is 30.1 Å². The fourth-order valence-corrected chi connectivity index (χ4v) is 2.35. The van der Waals surface area contributed by atoms with Gasteiger partial charge in [0.05, 0.1) is 12.5 Å². The number of carboxylic acids is 2. The molecule has 0 bridgehead atoms. The molecule has 6 heteroatoms. The molecule has 18 heavy (non-hydrogen) atoms. The molecule has 1 aliphatic heterocycles. The molecule has 1 aromatic heterocycles. The maximum absolute atomic E-state index is 11.2. The molecule has 6 nitrogen and oxygen atoms in total. The summed E-state index contributed by atoms with van der Waals surface area (Å²) in [6.45, 7) is 0.538. The minimum Gasteiger partial charge on any atom is -0.481 e. The second-order valence-corrected chi connectivity index (χ2v) is 4.39. The van der Waals surface area contributed by atoms with E-state index in [0.29, 0.717) is 12.2 Å². The molecular weight excluding hydrogens is 236 g/mol. The first-order valence-electron chi connectivity index (χ1n) is 5.66. The van der Waals surface area contributed by atoms with Crippen LogP contribution in [0.2, 0.25) is 0 Å². The molecule has 96 valence electrons. The number of rotatable bonds is 4. The van der Waals surface area contributed by atoms with Crippen LogP contribution in [-0.4, -0.2) is 51.7 Å². The van der Waals surface area contributed by atoms with E-state index in [4.69, 9.17) is 5.11 Å². The number of carboxylic acid groups (broad SMARTS) is 2. The Morgan fingerprint density at radius 3 is 2.67 bits per heavy atom. The molecule has 0 aliphatic carbocycles. The first-order valence-corrected chi connectivity index (χ1v) is 5.66. The molecule has 0 aromatic carbocycles. The Bertz CT molecular complexity index is 449. The highest BCUT2D eigenvalue weighted by atomic mass is 16.4. The van der Waals surface area contributed by atoms with Gasteiger partial charge in [-0.1, -0.05) is 6.07 Å². The smallest absolute Gasteiger partial charge is 0.317 e. The Hall–Kier alpha value is -1.95. The average Bonchev–Trinajstić information content (AvgIpc) is 2.73. The van der Waals surface area contributed by atoms with Crippen molar-refractivity contribution >= 4 is 11.9 Å². The molecule has 0 spiro atoms. The molecule has 2 heterocycles. The molecule has 2 atom stereocenters. The molecule has 0 radical (unpaired) electrons. The third-order valence-electron chi connectivity index (χ3n) is 3.14. The number of aliphatic carboxylic acids is 2. The van der Waals surface area contributed by atoms with Crippen molar-refractivity contribution in [3.63, 3.8) is 0 Å². The van der Waals surface area contributed by atoms with E-state index in [1.54, 1.807) is 29.3 Å². The van der Waals surface area contributed by atoms with E-state index in [1.165, 1.54) is 0 Å². The second kappa shape index (κ2) is 5.14. The van der Waals surface area contributed by atoms with Crippen molar-refractivity contribution in [2.45, 2.75) is 5.92 Å². The van der Waals surface area contributed by atoms with Crippen LogP contribution in [0.4, 0.5) is 0 Å². The summed E-state index contributed by atoms with van der Waals surface area (Å²) in [5.74, 6) is -2.69. The van der Waals surface area contributed by atoms with E-state index in [0.717, 1.165) is 0 Å². The topological polar surface area (TPSA) is 90.7 Å². The molecule has 1 aromatic rings. The number of nitrogens with zero attached hydrogens (tertiary/aromatic N) is 2.